The highest BCUT2D eigenvalue weighted by atomic mass is 79.9. The van der Waals surface area contributed by atoms with E-state index in [4.69, 9.17) is 14.2 Å². The molecule has 2 unspecified atom stereocenters. The van der Waals surface area contributed by atoms with Crippen LogP contribution < -0.4 is 10.1 Å². The summed E-state index contributed by atoms with van der Waals surface area (Å²) in [6, 6.07) is 19.5. The molecule has 1 aliphatic rings. The van der Waals surface area contributed by atoms with E-state index in [9.17, 15) is 4.39 Å². The van der Waals surface area contributed by atoms with Crippen LogP contribution in [0.3, 0.4) is 0 Å². The van der Waals surface area contributed by atoms with Crippen LogP contribution in [0.25, 0.3) is 0 Å². The van der Waals surface area contributed by atoms with E-state index in [-0.39, 0.29) is 18.5 Å². The summed E-state index contributed by atoms with van der Waals surface area (Å²) in [6.45, 7) is 9.37. The van der Waals surface area contributed by atoms with Crippen LogP contribution in [0.5, 0.6) is 5.75 Å². The molecule has 0 spiro atoms. The number of rotatable bonds is 8. The van der Waals surface area contributed by atoms with Crippen LogP contribution in [0.4, 0.5) is 10.1 Å². The van der Waals surface area contributed by atoms with Gasteiger partial charge in [0.25, 0.3) is 0 Å². The van der Waals surface area contributed by atoms with E-state index < -0.39 is 11.7 Å². The molecule has 2 atom stereocenters. The van der Waals surface area contributed by atoms with Crippen LogP contribution in [0.1, 0.15) is 49.1 Å². The number of halogens is 2. The normalized spacial score (nSPS) is 18.8. The first-order valence-corrected chi connectivity index (χ1v) is 12.4. The van der Waals surface area contributed by atoms with Gasteiger partial charge in [0.15, 0.2) is 0 Å². The Bertz CT molecular complexity index is 1130. The highest BCUT2D eigenvalue weighted by Crippen LogP contribution is 2.44. The lowest BCUT2D eigenvalue weighted by molar-refractivity contribution is -0.166. The summed E-state index contributed by atoms with van der Waals surface area (Å²) in [7, 11) is 0. The van der Waals surface area contributed by atoms with Crippen LogP contribution >= 0.6 is 15.9 Å². The van der Waals surface area contributed by atoms with E-state index in [1.54, 1.807) is 6.07 Å². The average Bonchev–Trinajstić information content (AvgIpc) is 2.79. The Morgan fingerprint density at radius 2 is 1.79 bits per heavy atom. The topological polar surface area (TPSA) is 39.7 Å². The SMILES string of the molecule is CCOC1c2cc(NCc3ccc(C)cc3)ccc2OC(C)(C)C1OCc1ccc(Br)cc1F. The maximum Gasteiger partial charge on any atom is 0.132 e. The van der Waals surface area contributed by atoms with Gasteiger partial charge in [-0.15, -0.1) is 0 Å². The molecule has 1 aliphatic heterocycles. The van der Waals surface area contributed by atoms with Gasteiger partial charge in [0.05, 0.1) is 6.61 Å². The molecule has 180 valence electrons. The molecule has 1 heterocycles. The van der Waals surface area contributed by atoms with Gasteiger partial charge >= 0.3 is 0 Å². The van der Waals surface area contributed by atoms with E-state index in [2.05, 4.69) is 58.5 Å². The third-order valence-corrected chi connectivity index (χ3v) is 6.54. The molecule has 0 bridgehead atoms. The molecule has 3 aromatic rings. The first-order valence-electron chi connectivity index (χ1n) is 11.6. The molecule has 4 rings (SSSR count). The molecule has 34 heavy (non-hydrogen) atoms. The predicted molar refractivity (Wildman–Crippen MR) is 137 cm³/mol. The third kappa shape index (κ3) is 5.62. The molecule has 4 nitrogen and oxygen atoms in total. The van der Waals surface area contributed by atoms with Gasteiger partial charge in [-0.1, -0.05) is 51.8 Å². The maximum absolute atomic E-state index is 14.4. The summed E-state index contributed by atoms with van der Waals surface area (Å²) in [5, 5.41) is 3.49. The zero-order chi connectivity index (χ0) is 24.3. The van der Waals surface area contributed by atoms with Crippen LogP contribution in [0, 0.1) is 12.7 Å². The lowest BCUT2D eigenvalue weighted by atomic mass is 9.87. The predicted octanol–water partition coefficient (Wildman–Crippen LogP) is 7.34. The monoisotopic (exact) mass is 527 g/mol. The van der Waals surface area contributed by atoms with Crippen molar-refractivity contribution in [3.05, 3.63) is 93.2 Å². The van der Waals surface area contributed by atoms with Crippen LogP contribution in [0.2, 0.25) is 0 Å². The van der Waals surface area contributed by atoms with E-state index >= 15 is 0 Å². The lowest BCUT2D eigenvalue weighted by Crippen LogP contribution is -2.51. The summed E-state index contributed by atoms with van der Waals surface area (Å²) in [6.07, 6.45) is -0.765. The summed E-state index contributed by atoms with van der Waals surface area (Å²) in [5.74, 6) is 0.471. The van der Waals surface area contributed by atoms with Gasteiger partial charge in [0, 0.05) is 34.4 Å². The van der Waals surface area contributed by atoms with Gasteiger partial charge in [0.2, 0.25) is 0 Å². The lowest BCUT2D eigenvalue weighted by Gasteiger charge is -2.44. The Kier molecular flexibility index (Phi) is 7.60. The number of hydrogen-bond donors (Lipinski definition) is 1. The minimum absolute atomic E-state index is 0.126. The fourth-order valence-corrected chi connectivity index (χ4v) is 4.55. The van der Waals surface area contributed by atoms with E-state index in [0.29, 0.717) is 23.2 Å². The smallest absolute Gasteiger partial charge is 0.132 e. The Morgan fingerprint density at radius 1 is 1.03 bits per heavy atom. The number of hydrogen-bond acceptors (Lipinski definition) is 4. The van der Waals surface area contributed by atoms with Gasteiger partial charge in [-0.3, -0.25) is 0 Å². The van der Waals surface area contributed by atoms with Gasteiger partial charge in [-0.05, 0) is 63.6 Å². The fourth-order valence-electron chi connectivity index (χ4n) is 4.22. The van der Waals surface area contributed by atoms with Crippen molar-refractivity contribution >= 4 is 21.6 Å². The van der Waals surface area contributed by atoms with Crippen LogP contribution in [0.15, 0.2) is 65.1 Å². The molecular weight excluding hydrogens is 497 g/mol. The summed E-state index contributed by atoms with van der Waals surface area (Å²) >= 11 is 3.30. The zero-order valence-electron chi connectivity index (χ0n) is 20.0. The highest BCUT2D eigenvalue weighted by Gasteiger charge is 2.45. The Balaban J connectivity index is 1.56. The molecule has 3 aromatic carbocycles. The first-order chi connectivity index (χ1) is 16.3. The molecule has 0 saturated carbocycles. The summed E-state index contributed by atoms with van der Waals surface area (Å²) < 4.78 is 33.9. The largest absolute Gasteiger partial charge is 0.485 e. The number of anilines is 1. The van der Waals surface area contributed by atoms with Crippen molar-refractivity contribution < 1.29 is 18.6 Å². The zero-order valence-corrected chi connectivity index (χ0v) is 21.6. The second-order valence-electron chi connectivity index (χ2n) is 9.14. The second kappa shape index (κ2) is 10.5. The molecule has 6 heteroatoms. The average molecular weight is 528 g/mol. The highest BCUT2D eigenvalue weighted by molar-refractivity contribution is 9.10. The van der Waals surface area contributed by atoms with E-state index in [1.807, 2.05) is 39.0 Å². The molecule has 1 N–H and O–H groups in total. The second-order valence-corrected chi connectivity index (χ2v) is 10.1. The van der Waals surface area contributed by atoms with E-state index in [0.717, 1.165) is 17.0 Å². The van der Waals surface area contributed by atoms with Crippen molar-refractivity contribution in [1.82, 2.24) is 0 Å². The maximum atomic E-state index is 14.4. The minimum Gasteiger partial charge on any atom is -0.485 e. The van der Waals surface area contributed by atoms with Crippen LogP contribution in [-0.4, -0.2) is 18.3 Å². The van der Waals surface area contributed by atoms with Gasteiger partial charge in [-0.25, -0.2) is 4.39 Å². The van der Waals surface area contributed by atoms with Crippen molar-refractivity contribution in [3.8, 4) is 5.75 Å². The van der Waals surface area contributed by atoms with Crippen LogP contribution in [-0.2, 0) is 22.6 Å². The third-order valence-electron chi connectivity index (χ3n) is 6.05. The van der Waals surface area contributed by atoms with E-state index in [1.165, 1.54) is 17.2 Å². The minimum atomic E-state index is -0.657. The number of aryl methyl sites for hydroxylation is 1. The number of fused-ring (bicyclic) bond motifs is 1. The fraction of sp³-hybridized carbons (Fsp3) is 0.357. The quantitative estimate of drug-likeness (QED) is 0.332. The summed E-state index contributed by atoms with van der Waals surface area (Å²) in [5.41, 5.74) is 4.19. The van der Waals surface area contributed by atoms with Gasteiger partial charge in [-0.2, -0.15) is 0 Å². The summed E-state index contributed by atoms with van der Waals surface area (Å²) in [4.78, 5) is 0. The number of ether oxygens (including phenoxy) is 3. The van der Waals surface area contributed by atoms with Crippen molar-refractivity contribution in [2.45, 2.75) is 58.7 Å². The molecule has 0 radical (unpaired) electrons. The molecular formula is C28H31BrFNO3. The standard InChI is InChI=1S/C28H31BrFNO3/c1-5-32-26-23-15-22(31-16-19-8-6-18(2)7-9-19)12-13-25(23)34-28(3,4)27(26)33-17-20-10-11-21(29)14-24(20)30/h6-15,26-27,31H,5,16-17H2,1-4H3. The Labute approximate surface area is 209 Å². The van der Waals surface area contributed by atoms with Crippen molar-refractivity contribution in [2.24, 2.45) is 0 Å². The number of nitrogens with one attached hydrogen (secondary N) is 1. The Hall–Kier alpha value is -2.41. The van der Waals surface area contributed by atoms with Crippen molar-refractivity contribution in [2.75, 3.05) is 11.9 Å². The van der Waals surface area contributed by atoms with Crippen molar-refractivity contribution in [3.63, 3.8) is 0 Å². The molecule has 0 saturated heterocycles. The van der Waals surface area contributed by atoms with Gasteiger partial charge < -0.3 is 19.5 Å². The molecule has 0 amide bonds. The molecule has 0 aromatic heterocycles. The molecule has 0 fully saturated rings. The number of benzene rings is 3. The molecule has 0 aliphatic carbocycles. The Morgan fingerprint density at radius 3 is 2.50 bits per heavy atom. The van der Waals surface area contributed by atoms with Gasteiger partial charge in [0.1, 0.15) is 29.4 Å². The van der Waals surface area contributed by atoms with Crippen molar-refractivity contribution in [1.29, 1.82) is 0 Å². The first kappa shape index (κ1) is 24.7.